The number of hydrogen-bond acceptors (Lipinski definition) is 5. The minimum atomic E-state index is -0.572. The normalized spacial score (nSPS) is 19.7. The maximum Gasteiger partial charge on any atom is 0.268 e. The van der Waals surface area contributed by atoms with E-state index in [1.807, 2.05) is 6.92 Å². The molecule has 0 bridgehead atoms. The van der Waals surface area contributed by atoms with Gasteiger partial charge < -0.3 is 9.52 Å². The molecule has 1 fully saturated rings. The van der Waals surface area contributed by atoms with Crippen LogP contribution in [0.2, 0.25) is 0 Å². The summed E-state index contributed by atoms with van der Waals surface area (Å²) in [7, 11) is 0. The van der Waals surface area contributed by atoms with Crippen LogP contribution in [-0.2, 0) is 6.54 Å². The molecule has 1 aliphatic rings. The summed E-state index contributed by atoms with van der Waals surface area (Å²) < 4.78 is 5.32. The zero-order valence-corrected chi connectivity index (χ0v) is 10.5. The molecule has 0 saturated carbocycles. The summed E-state index contributed by atoms with van der Waals surface area (Å²) in [5.74, 6) is 5.38. The van der Waals surface area contributed by atoms with Crippen LogP contribution in [0, 0.1) is 0 Å². The number of piperidine rings is 1. The number of aliphatic hydroxyl groups is 1. The van der Waals surface area contributed by atoms with Crippen molar-refractivity contribution >= 4 is 5.91 Å². The molecule has 6 nitrogen and oxygen atoms in total. The van der Waals surface area contributed by atoms with Gasteiger partial charge in [0.1, 0.15) is 5.76 Å². The molecule has 100 valence electrons. The van der Waals surface area contributed by atoms with Crippen LogP contribution in [0.4, 0.5) is 0 Å². The van der Waals surface area contributed by atoms with Gasteiger partial charge in [-0.2, -0.15) is 0 Å². The quantitative estimate of drug-likeness (QED) is 0.407. The highest BCUT2D eigenvalue weighted by Gasteiger charge is 2.28. The summed E-state index contributed by atoms with van der Waals surface area (Å²) in [6.07, 6.45) is 2.94. The fraction of sp³-hybridized carbons (Fsp3) is 0.583. The molecule has 1 aliphatic heterocycles. The molecule has 0 atom stereocenters. The molecule has 1 aromatic heterocycles. The van der Waals surface area contributed by atoms with E-state index < -0.39 is 5.60 Å². The number of likely N-dealkylation sites (tertiary alicyclic amines) is 1. The van der Waals surface area contributed by atoms with E-state index >= 15 is 0 Å². The zero-order chi connectivity index (χ0) is 13.2. The monoisotopic (exact) mass is 253 g/mol. The number of nitrogens with one attached hydrogen (secondary N) is 1. The Balaban J connectivity index is 1.98. The van der Waals surface area contributed by atoms with Crippen molar-refractivity contribution in [1.82, 2.24) is 10.3 Å². The van der Waals surface area contributed by atoms with Crippen LogP contribution < -0.4 is 11.3 Å². The van der Waals surface area contributed by atoms with E-state index in [0.717, 1.165) is 25.9 Å². The van der Waals surface area contributed by atoms with Gasteiger partial charge in [-0.25, -0.2) is 5.84 Å². The van der Waals surface area contributed by atoms with Crippen molar-refractivity contribution in [3.8, 4) is 0 Å². The second kappa shape index (κ2) is 5.09. The minimum absolute atomic E-state index is 0.345. The highest BCUT2D eigenvalue weighted by Crippen LogP contribution is 2.23. The van der Waals surface area contributed by atoms with Gasteiger partial charge in [-0.05, 0) is 25.8 Å². The van der Waals surface area contributed by atoms with Gasteiger partial charge in [0.15, 0.2) is 0 Å². The van der Waals surface area contributed by atoms with Crippen LogP contribution in [-0.4, -0.2) is 34.6 Å². The third-order valence-corrected chi connectivity index (χ3v) is 3.42. The Kier molecular flexibility index (Phi) is 3.70. The van der Waals surface area contributed by atoms with E-state index in [-0.39, 0.29) is 5.91 Å². The number of hydrazine groups is 1. The second-order valence-electron chi connectivity index (χ2n) is 5.00. The van der Waals surface area contributed by atoms with E-state index in [1.165, 1.54) is 6.26 Å². The summed E-state index contributed by atoms with van der Waals surface area (Å²) in [6, 6.07) is 1.61. The van der Waals surface area contributed by atoms with E-state index in [9.17, 15) is 9.90 Å². The molecule has 1 amide bonds. The summed E-state index contributed by atoms with van der Waals surface area (Å²) in [5.41, 5.74) is 2.00. The van der Waals surface area contributed by atoms with Crippen LogP contribution >= 0.6 is 0 Å². The first-order chi connectivity index (χ1) is 8.52. The highest BCUT2D eigenvalue weighted by molar-refractivity contribution is 5.94. The number of rotatable bonds is 3. The molecule has 0 unspecified atom stereocenters. The lowest BCUT2D eigenvalue weighted by atomic mass is 9.94. The molecule has 2 heterocycles. The third-order valence-electron chi connectivity index (χ3n) is 3.42. The molecule has 18 heavy (non-hydrogen) atoms. The van der Waals surface area contributed by atoms with E-state index in [0.29, 0.717) is 17.9 Å². The van der Waals surface area contributed by atoms with Gasteiger partial charge in [0.05, 0.1) is 24.0 Å². The number of nitrogens with zero attached hydrogens (tertiary/aromatic N) is 1. The number of furan rings is 1. The summed E-state index contributed by atoms with van der Waals surface area (Å²) in [6.45, 7) is 3.99. The van der Waals surface area contributed by atoms with Gasteiger partial charge in [-0.1, -0.05) is 0 Å². The van der Waals surface area contributed by atoms with Crippen LogP contribution in [0.25, 0.3) is 0 Å². The smallest absolute Gasteiger partial charge is 0.268 e. The first-order valence-electron chi connectivity index (χ1n) is 6.04. The van der Waals surface area contributed by atoms with Gasteiger partial charge in [-0.15, -0.1) is 0 Å². The van der Waals surface area contributed by atoms with Gasteiger partial charge >= 0.3 is 0 Å². The van der Waals surface area contributed by atoms with Gasteiger partial charge in [0.25, 0.3) is 5.91 Å². The fourth-order valence-electron chi connectivity index (χ4n) is 2.14. The van der Waals surface area contributed by atoms with Crippen molar-refractivity contribution in [3.63, 3.8) is 0 Å². The Labute approximate surface area is 106 Å². The Morgan fingerprint density at radius 2 is 2.28 bits per heavy atom. The van der Waals surface area contributed by atoms with Crippen molar-refractivity contribution in [2.45, 2.75) is 31.9 Å². The standard InChI is InChI=1S/C12H19N3O3/c1-12(17)3-5-15(6-4-12)8-10-9(2-7-18-10)11(16)14-13/h2,7,17H,3-6,8,13H2,1H3,(H,14,16). The molecule has 6 heteroatoms. The van der Waals surface area contributed by atoms with Crippen LogP contribution in [0.5, 0.6) is 0 Å². The maximum atomic E-state index is 11.5. The van der Waals surface area contributed by atoms with Crippen molar-refractivity contribution in [2.24, 2.45) is 5.84 Å². The van der Waals surface area contributed by atoms with Crippen LogP contribution in [0.15, 0.2) is 16.7 Å². The van der Waals surface area contributed by atoms with E-state index in [2.05, 4.69) is 10.3 Å². The summed E-state index contributed by atoms with van der Waals surface area (Å²) in [5, 5.41) is 9.87. The number of carbonyl (C=O) groups excluding carboxylic acids is 1. The molecule has 0 aliphatic carbocycles. The predicted octanol–water partition coefficient (Wildman–Crippen LogP) is 0.230. The summed E-state index contributed by atoms with van der Waals surface area (Å²) >= 11 is 0. The summed E-state index contributed by atoms with van der Waals surface area (Å²) in [4.78, 5) is 13.6. The molecule has 0 aromatic carbocycles. The second-order valence-corrected chi connectivity index (χ2v) is 5.00. The van der Waals surface area contributed by atoms with Crippen molar-refractivity contribution < 1.29 is 14.3 Å². The van der Waals surface area contributed by atoms with E-state index in [1.54, 1.807) is 6.07 Å². The molecule has 0 spiro atoms. The fourth-order valence-corrected chi connectivity index (χ4v) is 2.14. The Morgan fingerprint density at radius 1 is 1.61 bits per heavy atom. The Hall–Kier alpha value is -1.37. The maximum absolute atomic E-state index is 11.5. The number of nitrogens with two attached hydrogens (primary N) is 1. The average molecular weight is 253 g/mol. The molecule has 1 saturated heterocycles. The first kappa shape index (κ1) is 13.1. The van der Waals surface area contributed by atoms with Gasteiger partial charge in [0.2, 0.25) is 0 Å². The lowest BCUT2D eigenvalue weighted by Gasteiger charge is -2.35. The first-order valence-corrected chi connectivity index (χ1v) is 6.04. The topological polar surface area (TPSA) is 91.7 Å². The van der Waals surface area contributed by atoms with Crippen molar-refractivity contribution in [3.05, 3.63) is 23.7 Å². The van der Waals surface area contributed by atoms with Gasteiger partial charge in [0, 0.05) is 13.1 Å². The minimum Gasteiger partial charge on any atom is -0.467 e. The van der Waals surface area contributed by atoms with E-state index in [4.69, 9.17) is 10.3 Å². The molecule has 4 N–H and O–H groups in total. The largest absolute Gasteiger partial charge is 0.467 e. The number of amides is 1. The van der Waals surface area contributed by atoms with Gasteiger partial charge in [-0.3, -0.25) is 15.1 Å². The Bertz CT molecular complexity index is 418. The third kappa shape index (κ3) is 2.90. The number of carbonyl (C=O) groups is 1. The molecular weight excluding hydrogens is 234 g/mol. The highest BCUT2D eigenvalue weighted by atomic mass is 16.3. The molecule has 2 rings (SSSR count). The van der Waals surface area contributed by atoms with Crippen molar-refractivity contribution in [1.29, 1.82) is 0 Å². The number of hydrogen-bond donors (Lipinski definition) is 3. The Morgan fingerprint density at radius 3 is 2.89 bits per heavy atom. The predicted molar refractivity (Wildman–Crippen MR) is 65.5 cm³/mol. The number of nitrogen functional groups attached to an aromatic ring is 1. The molecule has 0 radical (unpaired) electrons. The molecule has 1 aromatic rings. The SMILES string of the molecule is CC1(O)CCN(Cc2occc2C(=O)NN)CC1. The lowest BCUT2D eigenvalue weighted by Crippen LogP contribution is -2.42. The average Bonchev–Trinajstić information content (AvgIpc) is 2.79. The molecular formula is C12H19N3O3. The van der Waals surface area contributed by atoms with Crippen molar-refractivity contribution in [2.75, 3.05) is 13.1 Å². The van der Waals surface area contributed by atoms with Crippen LogP contribution in [0.1, 0.15) is 35.9 Å². The van der Waals surface area contributed by atoms with Crippen LogP contribution in [0.3, 0.4) is 0 Å². The lowest BCUT2D eigenvalue weighted by molar-refractivity contribution is -0.00878. The zero-order valence-electron chi connectivity index (χ0n) is 10.5.